The molecule has 0 aliphatic carbocycles. The van der Waals surface area contributed by atoms with E-state index in [0.29, 0.717) is 6.61 Å². The van der Waals surface area contributed by atoms with Crippen molar-refractivity contribution >= 4 is 5.90 Å². The fourth-order valence-electron chi connectivity index (χ4n) is 3.92. The van der Waals surface area contributed by atoms with Crippen LogP contribution in [-0.2, 0) is 17.7 Å². The van der Waals surface area contributed by atoms with E-state index >= 15 is 0 Å². The second kappa shape index (κ2) is 7.43. The third-order valence-corrected chi connectivity index (χ3v) is 5.24. The Balaban J connectivity index is 1.55. The van der Waals surface area contributed by atoms with Gasteiger partial charge in [0.1, 0.15) is 12.3 Å². The SMILES string of the molecule is Cc1cc(C)c(Cn2cccc2C2=NC(Cc3ccccc3)CO2)c(C)c1. The van der Waals surface area contributed by atoms with Crippen molar-refractivity contribution in [2.24, 2.45) is 4.99 Å². The minimum atomic E-state index is 0.189. The van der Waals surface area contributed by atoms with E-state index in [2.05, 4.69) is 80.1 Å². The van der Waals surface area contributed by atoms with Gasteiger partial charge in [0.05, 0.1) is 6.04 Å². The number of aryl methyl sites for hydroxylation is 3. The van der Waals surface area contributed by atoms with Crippen LogP contribution in [0.15, 0.2) is 65.8 Å². The summed E-state index contributed by atoms with van der Waals surface area (Å²) in [5.41, 5.74) is 7.72. The lowest BCUT2D eigenvalue weighted by Gasteiger charge is -2.14. The monoisotopic (exact) mass is 358 g/mol. The van der Waals surface area contributed by atoms with E-state index in [1.807, 2.05) is 6.07 Å². The van der Waals surface area contributed by atoms with Gasteiger partial charge in [-0.25, -0.2) is 4.99 Å². The van der Waals surface area contributed by atoms with Crippen LogP contribution in [0.25, 0.3) is 0 Å². The molecule has 4 rings (SSSR count). The summed E-state index contributed by atoms with van der Waals surface area (Å²) in [5.74, 6) is 0.767. The highest BCUT2D eigenvalue weighted by Crippen LogP contribution is 2.21. The molecule has 0 N–H and O–H groups in total. The van der Waals surface area contributed by atoms with E-state index in [0.717, 1.165) is 24.6 Å². The van der Waals surface area contributed by atoms with E-state index in [-0.39, 0.29) is 6.04 Å². The first-order chi connectivity index (χ1) is 13.1. The Labute approximate surface area is 161 Å². The van der Waals surface area contributed by atoms with E-state index in [4.69, 9.17) is 9.73 Å². The highest BCUT2D eigenvalue weighted by molar-refractivity contribution is 5.93. The summed E-state index contributed by atoms with van der Waals surface area (Å²) in [6, 6.07) is 19.4. The molecule has 138 valence electrons. The number of hydrogen-bond donors (Lipinski definition) is 0. The maximum Gasteiger partial charge on any atom is 0.233 e. The zero-order valence-electron chi connectivity index (χ0n) is 16.3. The summed E-state index contributed by atoms with van der Waals surface area (Å²) in [6.45, 7) is 8.03. The molecular formula is C24H26N2O. The summed E-state index contributed by atoms with van der Waals surface area (Å²) in [6.07, 6.45) is 3.03. The summed E-state index contributed by atoms with van der Waals surface area (Å²) >= 11 is 0. The van der Waals surface area contributed by atoms with Crippen molar-refractivity contribution in [3.63, 3.8) is 0 Å². The molecule has 0 fully saturated rings. The average Bonchev–Trinajstić information content (AvgIpc) is 3.28. The van der Waals surface area contributed by atoms with Crippen LogP contribution in [-0.4, -0.2) is 23.1 Å². The minimum Gasteiger partial charge on any atom is -0.474 e. The molecule has 1 aromatic heterocycles. The predicted octanol–water partition coefficient (Wildman–Crippen LogP) is 4.85. The number of ether oxygens (including phenoxy) is 1. The normalized spacial score (nSPS) is 16.3. The Morgan fingerprint density at radius 1 is 1.00 bits per heavy atom. The molecule has 1 atom stereocenters. The molecule has 0 bridgehead atoms. The summed E-state index contributed by atoms with van der Waals surface area (Å²) in [7, 11) is 0. The average molecular weight is 358 g/mol. The maximum atomic E-state index is 5.97. The molecule has 2 heterocycles. The third kappa shape index (κ3) is 3.82. The van der Waals surface area contributed by atoms with Crippen LogP contribution in [0.3, 0.4) is 0 Å². The van der Waals surface area contributed by atoms with Gasteiger partial charge in [0.2, 0.25) is 5.90 Å². The molecular weight excluding hydrogens is 332 g/mol. The van der Waals surface area contributed by atoms with Gasteiger partial charge in [0, 0.05) is 12.7 Å². The smallest absolute Gasteiger partial charge is 0.233 e. The number of rotatable bonds is 5. The van der Waals surface area contributed by atoms with Crippen molar-refractivity contribution in [1.82, 2.24) is 4.57 Å². The van der Waals surface area contributed by atoms with Gasteiger partial charge in [-0.2, -0.15) is 0 Å². The molecule has 0 spiro atoms. The number of aliphatic imine (C=N–C) groups is 1. The quantitative estimate of drug-likeness (QED) is 0.640. The van der Waals surface area contributed by atoms with Gasteiger partial charge in [-0.15, -0.1) is 0 Å². The lowest BCUT2D eigenvalue weighted by molar-refractivity contribution is 0.315. The second-order valence-electron chi connectivity index (χ2n) is 7.49. The first kappa shape index (κ1) is 17.6. The van der Waals surface area contributed by atoms with E-state index in [1.165, 1.54) is 27.8 Å². The molecule has 3 aromatic rings. The molecule has 27 heavy (non-hydrogen) atoms. The molecule has 1 unspecified atom stereocenters. The largest absolute Gasteiger partial charge is 0.474 e. The van der Waals surface area contributed by atoms with Crippen molar-refractivity contribution in [1.29, 1.82) is 0 Å². The Kier molecular flexibility index (Phi) is 4.85. The van der Waals surface area contributed by atoms with E-state index in [1.54, 1.807) is 0 Å². The Morgan fingerprint density at radius 3 is 2.48 bits per heavy atom. The third-order valence-electron chi connectivity index (χ3n) is 5.24. The molecule has 0 saturated heterocycles. The van der Waals surface area contributed by atoms with Gasteiger partial charge >= 0.3 is 0 Å². The molecule has 3 nitrogen and oxygen atoms in total. The lowest BCUT2D eigenvalue weighted by atomic mass is 10.00. The van der Waals surface area contributed by atoms with Crippen LogP contribution in [0.1, 0.15) is 33.5 Å². The molecule has 2 aromatic carbocycles. The number of aromatic nitrogens is 1. The number of nitrogens with zero attached hydrogens (tertiary/aromatic N) is 2. The van der Waals surface area contributed by atoms with Gasteiger partial charge in [0.25, 0.3) is 0 Å². The Hall–Kier alpha value is -2.81. The molecule has 0 saturated carbocycles. The van der Waals surface area contributed by atoms with E-state index in [9.17, 15) is 0 Å². The van der Waals surface area contributed by atoms with Crippen LogP contribution in [0.2, 0.25) is 0 Å². The van der Waals surface area contributed by atoms with Crippen LogP contribution < -0.4 is 0 Å². The van der Waals surface area contributed by atoms with Crippen LogP contribution in [0.5, 0.6) is 0 Å². The van der Waals surface area contributed by atoms with Crippen molar-refractivity contribution in [3.05, 3.63) is 94.3 Å². The van der Waals surface area contributed by atoms with Gasteiger partial charge in [-0.1, -0.05) is 48.0 Å². The van der Waals surface area contributed by atoms with E-state index < -0.39 is 0 Å². The summed E-state index contributed by atoms with van der Waals surface area (Å²) in [5, 5.41) is 0. The summed E-state index contributed by atoms with van der Waals surface area (Å²) in [4.78, 5) is 4.86. The fourth-order valence-corrected chi connectivity index (χ4v) is 3.92. The van der Waals surface area contributed by atoms with Crippen LogP contribution >= 0.6 is 0 Å². The number of benzene rings is 2. The summed E-state index contributed by atoms with van der Waals surface area (Å²) < 4.78 is 8.21. The molecule has 0 radical (unpaired) electrons. The fraction of sp³-hybridized carbons (Fsp3) is 0.292. The van der Waals surface area contributed by atoms with Crippen LogP contribution in [0, 0.1) is 20.8 Å². The first-order valence-electron chi connectivity index (χ1n) is 9.57. The van der Waals surface area contributed by atoms with Gasteiger partial charge in [-0.3, -0.25) is 0 Å². The topological polar surface area (TPSA) is 26.5 Å². The number of hydrogen-bond acceptors (Lipinski definition) is 2. The molecule has 3 heteroatoms. The molecule has 1 aliphatic rings. The molecule has 1 aliphatic heterocycles. The van der Waals surface area contributed by atoms with Gasteiger partial charge in [0.15, 0.2) is 0 Å². The zero-order valence-corrected chi connectivity index (χ0v) is 16.3. The minimum absolute atomic E-state index is 0.189. The van der Waals surface area contributed by atoms with Gasteiger partial charge < -0.3 is 9.30 Å². The van der Waals surface area contributed by atoms with Crippen LogP contribution in [0.4, 0.5) is 0 Å². The van der Waals surface area contributed by atoms with Crippen molar-refractivity contribution in [2.75, 3.05) is 6.61 Å². The molecule has 0 amide bonds. The lowest BCUT2D eigenvalue weighted by Crippen LogP contribution is -2.12. The standard InChI is InChI=1S/C24H26N2O/c1-17-12-18(2)22(19(3)13-17)15-26-11-7-10-23(26)24-25-21(16-27-24)14-20-8-5-4-6-9-20/h4-13,21H,14-16H2,1-3H3. The maximum absolute atomic E-state index is 5.97. The predicted molar refractivity (Wildman–Crippen MR) is 111 cm³/mol. The Bertz CT molecular complexity index is 946. The van der Waals surface area contributed by atoms with Crippen molar-refractivity contribution in [2.45, 2.75) is 39.8 Å². The first-order valence-corrected chi connectivity index (χ1v) is 9.57. The van der Waals surface area contributed by atoms with Crippen molar-refractivity contribution in [3.8, 4) is 0 Å². The zero-order chi connectivity index (χ0) is 18.8. The van der Waals surface area contributed by atoms with Gasteiger partial charge in [-0.05, 0) is 61.6 Å². The van der Waals surface area contributed by atoms with Crippen molar-refractivity contribution < 1.29 is 4.74 Å². The Morgan fingerprint density at radius 2 is 1.74 bits per heavy atom. The highest BCUT2D eigenvalue weighted by Gasteiger charge is 2.22. The second-order valence-corrected chi connectivity index (χ2v) is 7.49. The highest BCUT2D eigenvalue weighted by atomic mass is 16.5.